The van der Waals surface area contributed by atoms with Crippen molar-refractivity contribution < 1.29 is 14.3 Å². The lowest BCUT2D eigenvalue weighted by Crippen LogP contribution is -2.57. The molecule has 1 heterocycles. The first-order valence-corrected chi connectivity index (χ1v) is 5.79. The van der Waals surface area contributed by atoms with Crippen molar-refractivity contribution in [3.8, 4) is 0 Å². The van der Waals surface area contributed by atoms with E-state index in [9.17, 15) is 4.79 Å². The van der Waals surface area contributed by atoms with Crippen LogP contribution >= 0.6 is 0 Å². The summed E-state index contributed by atoms with van der Waals surface area (Å²) in [6.07, 6.45) is 3.14. The summed E-state index contributed by atoms with van der Waals surface area (Å²) in [7, 11) is 0. The number of carbonyl (C=O) groups is 1. The number of esters is 1. The molecule has 1 N–H and O–H groups in total. The molecule has 1 saturated heterocycles. The fourth-order valence-corrected chi connectivity index (χ4v) is 2.04. The lowest BCUT2D eigenvalue weighted by Gasteiger charge is -2.38. The van der Waals surface area contributed by atoms with E-state index in [0.717, 1.165) is 0 Å². The van der Waals surface area contributed by atoms with E-state index in [1.165, 1.54) is 0 Å². The van der Waals surface area contributed by atoms with Crippen LogP contribution in [-0.4, -0.2) is 37.4 Å². The third-order valence-corrected chi connectivity index (χ3v) is 2.82. The first-order valence-electron chi connectivity index (χ1n) is 5.79. The molecule has 0 saturated carbocycles. The number of carbonyl (C=O) groups excluding carboxylic acids is 1. The van der Waals surface area contributed by atoms with E-state index in [1.54, 1.807) is 6.08 Å². The average Bonchev–Trinajstić information content (AvgIpc) is 2.27. The Hall–Kier alpha value is -0.870. The van der Waals surface area contributed by atoms with E-state index in [2.05, 4.69) is 11.9 Å². The molecule has 0 amide bonds. The maximum atomic E-state index is 12.0. The zero-order valence-corrected chi connectivity index (χ0v) is 10.1. The quantitative estimate of drug-likeness (QED) is 0.567. The van der Waals surface area contributed by atoms with Gasteiger partial charge in [-0.2, -0.15) is 0 Å². The zero-order chi connectivity index (χ0) is 12.0. The van der Waals surface area contributed by atoms with Crippen LogP contribution in [0.5, 0.6) is 0 Å². The maximum absolute atomic E-state index is 12.0. The van der Waals surface area contributed by atoms with Crippen molar-refractivity contribution >= 4 is 5.97 Å². The van der Waals surface area contributed by atoms with Gasteiger partial charge < -0.3 is 9.47 Å². The highest BCUT2D eigenvalue weighted by Crippen LogP contribution is 2.26. The fraction of sp³-hybridized carbons (Fsp3) is 0.750. The average molecular weight is 227 g/mol. The summed E-state index contributed by atoms with van der Waals surface area (Å²) >= 11 is 0. The lowest BCUT2D eigenvalue weighted by molar-refractivity contribution is -0.157. The summed E-state index contributed by atoms with van der Waals surface area (Å²) in [5.41, 5.74) is -0.595. The predicted molar refractivity (Wildman–Crippen MR) is 62.2 cm³/mol. The summed E-state index contributed by atoms with van der Waals surface area (Å²) in [4.78, 5) is 12.0. The van der Waals surface area contributed by atoms with Crippen LogP contribution in [0, 0.1) is 0 Å². The molecule has 2 atom stereocenters. The molecule has 4 nitrogen and oxygen atoms in total. The Labute approximate surface area is 97.0 Å². The zero-order valence-electron chi connectivity index (χ0n) is 10.1. The Morgan fingerprint density at radius 2 is 2.50 bits per heavy atom. The van der Waals surface area contributed by atoms with Crippen molar-refractivity contribution in [1.82, 2.24) is 5.32 Å². The molecule has 0 bridgehead atoms. The van der Waals surface area contributed by atoms with Crippen molar-refractivity contribution in [2.45, 2.75) is 38.3 Å². The van der Waals surface area contributed by atoms with Crippen LogP contribution in [0.1, 0.15) is 26.7 Å². The van der Waals surface area contributed by atoms with Gasteiger partial charge in [-0.25, -0.2) is 0 Å². The Morgan fingerprint density at radius 3 is 3.06 bits per heavy atom. The first-order chi connectivity index (χ1) is 7.64. The molecular weight excluding hydrogens is 206 g/mol. The maximum Gasteiger partial charge on any atom is 0.326 e. The van der Waals surface area contributed by atoms with Crippen molar-refractivity contribution in [1.29, 1.82) is 0 Å². The monoisotopic (exact) mass is 227 g/mol. The van der Waals surface area contributed by atoms with Gasteiger partial charge in [0.1, 0.15) is 5.54 Å². The number of rotatable bonds is 5. The van der Waals surface area contributed by atoms with Gasteiger partial charge >= 0.3 is 5.97 Å². The Bertz CT molecular complexity index is 255. The van der Waals surface area contributed by atoms with Crippen LogP contribution < -0.4 is 5.32 Å². The molecule has 0 aliphatic carbocycles. The summed E-state index contributed by atoms with van der Waals surface area (Å²) < 4.78 is 10.6. The van der Waals surface area contributed by atoms with Crippen LogP contribution in [-0.2, 0) is 14.3 Å². The number of ether oxygens (including phenoxy) is 2. The Balaban J connectivity index is 2.73. The number of hydrogen-bond acceptors (Lipinski definition) is 4. The van der Waals surface area contributed by atoms with Gasteiger partial charge in [0.05, 0.1) is 12.7 Å². The highest BCUT2D eigenvalue weighted by atomic mass is 16.5. The first kappa shape index (κ1) is 13.2. The van der Waals surface area contributed by atoms with Crippen LogP contribution in [0.3, 0.4) is 0 Å². The lowest BCUT2D eigenvalue weighted by atomic mass is 9.87. The molecule has 0 radical (unpaired) electrons. The van der Waals surface area contributed by atoms with Crippen LogP contribution in [0.25, 0.3) is 0 Å². The summed E-state index contributed by atoms with van der Waals surface area (Å²) in [5, 5.41) is 3.23. The van der Waals surface area contributed by atoms with E-state index in [4.69, 9.17) is 9.47 Å². The van der Waals surface area contributed by atoms with Crippen molar-refractivity contribution in [3.63, 3.8) is 0 Å². The molecule has 16 heavy (non-hydrogen) atoms. The SMILES string of the molecule is C=CCNC1(C(=O)OCC)CCOC(C)C1. The van der Waals surface area contributed by atoms with Crippen molar-refractivity contribution in [3.05, 3.63) is 12.7 Å². The summed E-state index contributed by atoms with van der Waals surface area (Å²) in [5.74, 6) is -0.174. The minimum Gasteiger partial charge on any atom is -0.465 e. The molecule has 92 valence electrons. The normalized spacial score (nSPS) is 29.8. The molecule has 1 rings (SSSR count). The van der Waals surface area contributed by atoms with E-state index >= 15 is 0 Å². The molecule has 2 unspecified atom stereocenters. The van der Waals surface area contributed by atoms with Gasteiger partial charge in [0.25, 0.3) is 0 Å². The minimum absolute atomic E-state index is 0.0791. The topological polar surface area (TPSA) is 47.6 Å². The molecule has 0 aromatic heterocycles. The van der Waals surface area contributed by atoms with E-state index in [1.807, 2.05) is 13.8 Å². The molecule has 1 fully saturated rings. The second-order valence-corrected chi connectivity index (χ2v) is 4.11. The second-order valence-electron chi connectivity index (χ2n) is 4.11. The van der Waals surface area contributed by atoms with Crippen LogP contribution in [0.15, 0.2) is 12.7 Å². The van der Waals surface area contributed by atoms with Gasteiger partial charge in [0.15, 0.2) is 0 Å². The number of hydrogen-bond donors (Lipinski definition) is 1. The van der Waals surface area contributed by atoms with Crippen molar-refractivity contribution in [2.75, 3.05) is 19.8 Å². The smallest absolute Gasteiger partial charge is 0.326 e. The summed E-state index contributed by atoms with van der Waals surface area (Å²) in [6, 6.07) is 0. The third-order valence-electron chi connectivity index (χ3n) is 2.82. The Kier molecular flexibility index (Phi) is 4.96. The van der Waals surface area contributed by atoms with Crippen molar-refractivity contribution in [2.24, 2.45) is 0 Å². The van der Waals surface area contributed by atoms with Crippen LogP contribution in [0.2, 0.25) is 0 Å². The van der Waals surface area contributed by atoms with E-state index in [-0.39, 0.29) is 12.1 Å². The molecule has 0 aromatic rings. The highest BCUT2D eigenvalue weighted by molar-refractivity contribution is 5.81. The Morgan fingerprint density at radius 1 is 1.75 bits per heavy atom. The molecule has 0 aromatic carbocycles. The molecule has 0 spiro atoms. The van der Waals surface area contributed by atoms with Crippen LogP contribution in [0.4, 0.5) is 0 Å². The molecule has 1 aliphatic heterocycles. The largest absolute Gasteiger partial charge is 0.465 e. The van der Waals surface area contributed by atoms with Gasteiger partial charge in [-0.15, -0.1) is 6.58 Å². The molecule has 4 heteroatoms. The van der Waals surface area contributed by atoms with E-state index < -0.39 is 5.54 Å². The van der Waals surface area contributed by atoms with Gasteiger partial charge in [0.2, 0.25) is 0 Å². The number of nitrogens with one attached hydrogen (secondary N) is 1. The molecule has 1 aliphatic rings. The van der Waals surface area contributed by atoms with Gasteiger partial charge in [-0.3, -0.25) is 10.1 Å². The highest BCUT2D eigenvalue weighted by Gasteiger charge is 2.42. The standard InChI is InChI=1S/C12H21NO3/c1-4-7-13-12(11(14)15-5-2)6-8-16-10(3)9-12/h4,10,13H,1,5-9H2,2-3H3. The third kappa shape index (κ3) is 3.06. The summed E-state index contributed by atoms with van der Waals surface area (Å²) in [6.45, 7) is 9.05. The van der Waals surface area contributed by atoms with E-state index in [0.29, 0.717) is 32.6 Å². The van der Waals surface area contributed by atoms with Gasteiger partial charge in [-0.1, -0.05) is 6.08 Å². The minimum atomic E-state index is -0.595. The van der Waals surface area contributed by atoms with Gasteiger partial charge in [-0.05, 0) is 20.3 Å². The van der Waals surface area contributed by atoms with Gasteiger partial charge in [0, 0.05) is 19.6 Å². The fourth-order valence-electron chi connectivity index (χ4n) is 2.04. The second kappa shape index (κ2) is 6.01. The predicted octanol–water partition coefficient (Wildman–Crippen LogP) is 1.26. The molecular formula is C12H21NO3.